The van der Waals surface area contributed by atoms with E-state index in [1.54, 1.807) is 12.1 Å². The molecule has 0 radical (unpaired) electrons. The molecule has 0 aromatic carbocycles. The van der Waals surface area contributed by atoms with Crippen molar-refractivity contribution in [2.75, 3.05) is 5.32 Å². The van der Waals surface area contributed by atoms with Crippen LogP contribution in [0.3, 0.4) is 0 Å². The third-order valence-electron chi connectivity index (χ3n) is 3.77. The van der Waals surface area contributed by atoms with E-state index in [9.17, 15) is 18.0 Å². The van der Waals surface area contributed by atoms with Crippen molar-refractivity contribution in [1.29, 1.82) is 0 Å². The lowest BCUT2D eigenvalue weighted by atomic mass is 9.95. The molecule has 3 aromatic heterocycles. The maximum absolute atomic E-state index is 12.8. The minimum Gasteiger partial charge on any atom is -0.456 e. The van der Waals surface area contributed by atoms with Gasteiger partial charge in [-0.25, -0.2) is 4.98 Å². The zero-order chi connectivity index (χ0) is 20.3. The van der Waals surface area contributed by atoms with Gasteiger partial charge in [-0.05, 0) is 51.8 Å². The van der Waals surface area contributed by atoms with E-state index in [1.165, 1.54) is 30.7 Å². The average Bonchev–Trinajstić information content (AvgIpc) is 3.11. The van der Waals surface area contributed by atoms with Gasteiger partial charge >= 0.3 is 6.18 Å². The number of hydrogen-bond acceptors (Lipinski definition) is 4. The van der Waals surface area contributed by atoms with Crippen molar-refractivity contribution in [3.63, 3.8) is 0 Å². The number of halogens is 5. The highest BCUT2D eigenvalue weighted by atomic mass is 79.9. The Hall–Kier alpha value is -2.39. The minimum atomic E-state index is -4.60. The molecule has 0 aliphatic carbocycles. The lowest BCUT2D eigenvalue weighted by Crippen LogP contribution is -2.23. The summed E-state index contributed by atoms with van der Waals surface area (Å²) in [6.07, 6.45) is -0.311. The molecule has 0 aliphatic rings. The van der Waals surface area contributed by atoms with Crippen molar-refractivity contribution in [2.45, 2.75) is 18.5 Å². The van der Waals surface area contributed by atoms with Crippen molar-refractivity contribution >= 4 is 39.3 Å². The Morgan fingerprint density at radius 2 is 2.00 bits per heavy atom. The van der Waals surface area contributed by atoms with Crippen LogP contribution in [0.25, 0.3) is 0 Å². The quantitative estimate of drug-likeness (QED) is 0.532. The number of nitrogens with one attached hydrogen (secondary N) is 1. The number of aromatic nitrogens is 2. The second-order valence-electron chi connectivity index (χ2n) is 5.81. The van der Waals surface area contributed by atoms with E-state index in [0.29, 0.717) is 15.1 Å². The molecule has 1 unspecified atom stereocenters. The van der Waals surface area contributed by atoms with Crippen molar-refractivity contribution in [3.05, 3.63) is 75.5 Å². The van der Waals surface area contributed by atoms with Gasteiger partial charge in [0.2, 0.25) is 11.7 Å². The summed E-state index contributed by atoms with van der Waals surface area (Å²) in [5, 5.41) is 3.03. The van der Waals surface area contributed by atoms with Gasteiger partial charge < -0.3 is 9.73 Å². The van der Waals surface area contributed by atoms with Gasteiger partial charge in [0.15, 0.2) is 0 Å². The van der Waals surface area contributed by atoms with E-state index < -0.39 is 23.8 Å². The Labute approximate surface area is 171 Å². The molecule has 1 amide bonds. The van der Waals surface area contributed by atoms with Gasteiger partial charge in [-0.3, -0.25) is 9.78 Å². The zero-order valence-electron chi connectivity index (χ0n) is 14.0. The number of carbonyl (C=O) groups is 1. The van der Waals surface area contributed by atoms with E-state index in [1.807, 2.05) is 0 Å². The smallest absolute Gasteiger partial charge is 0.449 e. The molecule has 5 nitrogen and oxygen atoms in total. The summed E-state index contributed by atoms with van der Waals surface area (Å²) in [5.41, 5.74) is 0.505. The van der Waals surface area contributed by atoms with Crippen LogP contribution >= 0.6 is 27.5 Å². The fourth-order valence-electron chi connectivity index (χ4n) is 2.49. The summed E-state index contributed by atoms with van der Waals surface area (Å²) in [5.74, 6) is -2.16. The Morgan fingerprint density at radius 3 is 2.61 bits per heavy atom. The van der Waals surface area contributed by atoms with Crippen LogP contribution in [-0.2, 0) is 17.4 Å². The molecule has 28 heavy (non-hydrogen) atoms. The molecule has 0 saturated carbocycles. The molecule has 1 atom stereocenters. The number of furan rings is 1. The average molecular weight is 475 g/mol. The van der Waals surface area contributed by atoms with E-state index >= 15 is 0 Å². The van der Waals surface area contributed by atoms with Gasteiger partial charge in [-0.2, -0.15) is 13.2 Å². The van der Waals surface area contributed by atoms with Crippen LogP contribution in [0, 0.1) is 0 Å². The predicted octanol–water partition coefficient (Wildman–Crippen LogP) is 5.47. The molecule has 10 heteroatoms. The first-order valence-electron chi connectivity index (χ1n) is 7.91. The van der Waals surface area contributed by atoms with Crippen LogP contribution < -0.4 is 5.32 Å². The summed E-state index contributed by atoms with van der Waals surface area (Å²) < 4.78 is 43.9. The van der Waals surface area contributed by atoms with Crippen LogP contribution in [0.15, 0.2) is 57.8 Å². The number of hydrogen-bond donors (Lipinski definition) is 1. The molecule has 3 heterocycles. The number of amides is 1. The third-order valence-corrected chi connectivity index (χ3v) is 4.43. The molecule has 146 valence electrons. The lowest BCUT2D eigenvalue weighted by molar-refractivity contribution is -0.153. The first-order valence-corrected chi connectivity index (χ1v) is 9.08. The Bertz CT molecular complexity index is 977. The van der Waals surface area contributed by atoms with Gasteiger partial charge in [0.25, 0.3) is 0 Å². The molecule has 3 rings (SSSR count). The molecule has 0 bridgehead atoms. The number of rotatable bonds is 5. The summed E-state index contributed by atoms with van der Waals surface area (Å²) in [6, 6.07) is 6.78. The number of pyridine rings is 2. The van der Waals surface area contributed by atoms with Crippen molar-refractivity contribution in [2.24, 2.45) is 0 Å². The fourth-order valence-corrected chi connectivity index (χ4v) is 2.98. The summed E-state index contributed by atoms with van der Waals surface area (Å²) >= 11 is 9.05. The predicted molar refractivity (Wildman–Crippen MR) is 100.0 cm³/mol. The summed E-state index contributed by atoms with van der Waals surface area (Å²) in [6.45, 7) is 0. The molecule has 0 saturated heterocycles. The fraction of sp³-hybridized carbons (Fsp3) is 0.167. The van der Waals surface area contributed by atoms with E-state index in [-0.39, 0.29) is 18.0 Å². The SMILES string of the molecule is O=C(Nc1ccc(Cl)cn1)C(Cc1ccc(C(F)(F)F)o1)c1cncc(Br)c1. The normalized spacial score (nSPS) is 12.6. The number of nitrogens with zero attached hydrogens (tertiary/aromatic N) is 2. The van der Waals surface area contributed by atoms with Crippen LogP contribution in [0.1, 0.15) is 23.0 Å². The topological polar surface area (TPSA) is 68.0 Å². The number of carbonyl (C=O) groups excluding carboxylic acids is 1. The van der Waals surface area contributed by atoms with E-state index in [0.717, 1.165) is 6.07 Å². The van der Waals surface area contributed by atoms with Crippen LogP contribution in [0.5, 0.6) is 0 Å². The van der Waals surface area contributed by atoms with Crippen LogP contribution in [0.4, 0.5) is 19.0 Å². The zero-order valence-corrected chi connectivity index (χ0v) is 16.3. The molecule has 3 aromatic rings. The van der Waals surface area contributed by atoms with E-state index in [2.05, 4.69) is 31.2 Å². The van der Waals surface area contributed by atoms with Gasteiger partial charge in [0, 0.05) is 29.5 Å². The standard InChI is InChI=1S/C18H12BrClF3N3O2/c19-11-5-10(7-24-8-11)14(6-13-2-3-15(28-13)18(21,22)23)17(27)26-16-4-1-12(20)9-25-16/h1-5,7-9,14H,6H2,(H,25,26,27). The monoisotopic (exact) mass is 473 g/mol. The van der Waals surface area contributed by atoms with Crippen molar-refractivity contribution < 1.29 is 22.4 Å². The van der Waals surface area contributed by atoms with Gasteiger partial charge in [0.05, 0.1) is 10.9 Å². The number of anilines is 1. The first-order chi connectivity index (χ1) is 13.2. The van der Waals surface area contributed by atoms with Crippen LogP contribution in [-0.4, -0.2) is 15.9 Å². The largest absolute Gasteiger partial charge is 0.456 e. The maximum Gasteiger partial charge on any atom is 0.449 e. The lowest BCUT2D eigenvalue weighted by Gasteiger charge is -2.16. The maximum atomic E-state index is 12.8. The highest BCUT2D eigenvalue weighted by molar-refractivity contribution is 9.10. The van der Waals surface area contributed by atoms with Gasteiger partial charge in [0.1, 0.15) is 11.6 Å². The Morgan fingerprint density at radius 1 is 1.21 bits per heavy atom. The molecular formula is C18H12BrClF3N3O2. The summed E-state index contributed by atoms with van der Waals surface area (Å²) in [4.78, 5) is 20.8. The second kappa shape index (κ2) is 8.32. The summed E-state index contributed by atoms with van der Waals surface area (Å²) in [7, 11) is 0. The number of alkyl halides is 3. The second-order valence-corrected chi connectivity index (χ2v) is 7.16. The van der Waals surface area contributed by atoms with Crippen molar-refractivity contribution in [3.8, 4) is 0 Å². The molecule has 0 spiro atoms. The third kappa shape index (κ3) is 5.11. The molecule has 0 aliphatic heterocycles. The molecular weight excluding hydrogens is 463 g/mol. The van der Waals surface area contributed by atoms with Crippen LogP contribution in [0.2, 0.25) is 5.02 Å². The Balaban J connectivity index is 1.87. The minimum absolute atomic E-state index is 0.0246. The first kappa shape index (κ1) is 20.3. The van der Waals surface area contributed by atoms with Gasteiger partial charge in [-0.15, -0.1) is 0 Å². The van der Waals surface area contributed by atoms with Gasteiger partial charge in [-0.1, -0.05) is 11.6 Å². The molecule has 1 N–H and O–H groups in total. The highest BCUT2D eigenvalue weighted by Gasteiger charge is 2.35. The highest BCUT2D eigenvalue weighted by Crippen LogP contribution is 2.32. The van der Waals surface area contributed by atoms with E-state index in [4.69, 9.17) is 16.0 Å². The molecule has 0 fully saturated rings. The Kier molecular flexibility index (Phi) is 6.04. The van der Waals surface area contributed by atoms with Crippen molar-refractivity contribution in [1.82, 2.24) is 9.97 Å².